The number of carbonyl (C=O) groups is 1. The summed E-state index contributed by atoms with van der Waals surface area (Å²) in [4.78, 5) is 21.5. The van der Waals surface area contributed by atoms with Gasteiger partial charge < -0.3 is 4.74 Å². The number of rotatable bonds is 3. The standard InChI is InChI=1S/C8H13NO4/c1-4-13-7(10)8(9(11)12)5(2)6(8)3/h5-6H,4H2,1-3H3/t5-,6+,8?. The molecule has 74 valence electrons. The Balaban J connectivity index is 2.84. The van der Waals surface area contributed by atoms with Crippen molar-refractivity contribution in [3.05, 3.63) is 10.1 Å². The normalized spacial score (nSPS) is 36.8. The molecule has 5 heteroatoms. The Morgan fingerprint density at radius 3 is 2.23 bits per heavy atom. The maximum absolute atomic E-state index is 11.3. The number of carbonyl (C=O) groups excluding carboxylic acids is 1. The van der Waals surface area contributed by atoms with Gasteiger partial charge in [0.15, 0.2) is 0 Å². The molecule has 3 atom stereocenters. The van der Waals surface area contributed by atoms with E-state index < -0.39 is 16.4 Å². The van der Waals surface area contributed by atoms with Gasteiger partial charge in [0.05, 0.1) is 6.61 Å². The zero-order valence-corrected chi connectivity index (χ0v) is 7.94. The van der Waals surface area contributed by atoms with Crippen LogP contribution in [0.1, 0.15) is 20.8 Å². The van der Waals surface area contributed by atoms with E-state index in [0.717, 1.165) is 0 Å². The number of nitro groups is 1. The van der Waals surface area contributed by atoms with E-state index in [-0.39, 0.29) is 18.4 Å². The summed E-state index contributed by atoms with van der Waals surface area (Å²) in [6, 6.07) is 0. The topological polar surface area (TPSA) is 69.4 Å². The molecular weight excluding hydrogens is 174 g/mol. The molecule has 13 heavy (non-hydrogen) atoms. The van der Waals surface area contributed by atoms with Gasteiger partial charge in [0.1, 0.15) is 0 Å². The van der Waals surface area contributed by atoms with Crippen LogP contribution in [-0.4, -0.2) is 23.0 Å². The summed E-state index contributed by atoms with van der Waals surface area (Å²) in [6.45, 7) is 5.23. The first-order chi connectivity index (χ1) is 5.99. The summed E-state index contributed by atoms with van der Waals surface area (Å²) in [7, 11) is 0. The van der Waals surface area contributed by atoms with E-state index in [9.17, 15) is 14.9 Å². The molecule has 1 saturated carbocycles. The molecule has 0 aromatic heterocycles. The molecule has 1 unspecified atom stereocenters. The summed E-state index contributed by atoms with van der Waals surface area (Å²) in [5, 5.41) is 10.7. The van der Waals surface area contributed by atoms with Gasteiger partial charge in [0.2, 0.25) is 0 Å². The van der Waals surface area contributed by atoms with Crippen LogP contribution in [0.5, 0.6) is 0 Å². The van der Waals surface area contributed by atoms with Gasteiger partial charge >= 0.3 is 11.5 Å². The Labute approximate surface area is 76.2 Å². The van der Waals surface area contributed by atoms with Crippen molar-refractivity contribution in [3.8, 4) is 0 Å². The van der Waals surface area contributed by atoms with Crippen LogP contribution in [0.25, 0.3) is 0 Å². The monoisotopic (exact) mass is 187 g/mol. The molecule has 0 aromatic rings. The molecule has 0 bridgehead atoms. The van der Waals surface area contributed by atoms with E-state index in [0.29, 0.717) is 0 Å². The summed E-state index contributed by atoms with van der Waals surface area (Å²) < 4.78 is 4.69. The maximum atomic E-state index is 11.3. The Morgan fingerprint density at radius 2 is 2.00 bits per heavy atom. The molecule has 0 radical (unpaired) electrons. The van der Waals surface area contributed by atoms with Crippen LogP contribution in [0.15, 0.2) is 0 Å². The van der Waals surface area contributed by atoms with Gasteiger partial charge in [-0.25, -0.2) is 4.79 Å². The third kappa shape index (κ3) is 1.10. The lowest BCUT2D eigenvalue weighted by atomic mass is 10.2. The van der Waals surface area contributed by atoms with Crippen LogP contribution < -0.4 is 0 Å². The first-order valence-corrected chi connectivity index (χ1v) is 4.31. The van der Waals surface area contributed by atoms with E-state index in [1.807, 2.05) is 0 Å². The zero-order valence-electron chi connectivity index (χ0n) is 7.94. The number of hydrogen-bond acceptors (Lipinski definition) is 4. The third-order valence-electron chi connectivity index (χ3n) is 2.93. The largest absolute Gasteiger partial charge is 0.461 e. The highest BCUT2D eigenvalue weighted by atomic mass is 16.6. The second kappa shape index (κ2) is 2.97. The van der Waals surface area contributed by atoms with E-state index in [1.165, 1.54) is 0 Å². The molecule has 0 N–H and O–H groups in total. The smallest absolute Gasteiger partial charge is 0.385 e. The summed E-state index contributed by atoms with van der Waals surface area (Å²) in [5.41, 5.74) is -1.46. The first-order valence-electron chi connectivity index (χ1n) is 4.31. The van der Waals surface area contributed by atoms with Crippen LogP contribution in [0.3, 0.4) is 0 Å². The van der Waals surface area contributed by atoms with Gasteiger partial charge in [-0.3, -0.25) is 10.1 Å². The molecule has 0 spiro atoms. The molecule has 1 fully saturated rings. The second-order valence-corrected chi connectivity index (χ2v) is 3.38. The minimum atomic E-state index is -1.46. The molecule has 0 aromatic carbocycles. The van der Waals surface area contributed by atoms with Crippen molar-refractivity contribution in [3.63, 3.8) is 0 Å². The predicted molar refractivity (Wildman–Crippen MR) is 44.7 cm³/mol. The minimum absolute atomic E-state index is 0.188. The Kier molecular flexibility index (Phi) is 2.28. The van der Waals surface area contributed by atoms with E-state index in [4.69, 9.17) is 4.74 Å². The number of ether oxygens (including phenoxy) is 1. The molecule has 0 aliphatic heterocycles. The highest BCUT2D eigenvalue weighted by Gasteiger charge is 2.77. The van der Waals surface area contributed by atoms with Crippen LogP contribution in [0, 0.1) is 22.0 Å². The Morgan fingerprint density at radius 1 is 1.54 bits per heavy atom. The molecule has 0 amide bonds. The summed E-state index contributed by atoms with van der Waals surface area (Å²) in [5.74, 6) is -1.14. The number of esters is 1. The fraction of sp³-hybridized carbons (Fsp3) is 0.875. The fourth-order valence-corrected chi connectivity index (χ4v) is 1.78. The highest BCUT2D eigenvalue weighted by Crippen LogP contribution is 2.53. The van der Waals surface area contributed by atoms with Gasteiger partial charge in [-0.15, -0.1) is 0 Å². The van der Waals surface area contributed by atoms with E-state index >= 15 is 0 Å². The van der Waals surface area contributed by atoms with Crippen LogP contribution >= 0.6 is 0 Å². The predicted octanol–water partition coefficient (Wildman–Crippen LogP) is 0.851. The SMILES string of the molecule is CCOC(=O)C1([N+](=O)[O-])[C@H](C)[C@@H]1C. The number of nitrogens with zero attached hydrogens (tertiary/aromatic N) is 1. The number of hydrogen-bond donors (Lipinski definition) is 0. The van der Waals surface area contributed by atoms with Crippen LogP contribution in [0.2, 0.25) is 0 Å². The van der Waals surface area contributed by atoms with Crippen LogP contribution in [0.4, 0.5) is 0 Å². The highest BCUT2D eigenvalue weighted by molar-refractivity contribution is 5.84. The van der Waals surface area contributed by atoms with Crippen molar-refractivity contribution >= 4 is 5.97 Å². The molecule has 0 heterocycles. The first kappa shape index (κ1) is 9.95. The van der Waals surface area contributed by atoms with Gasteiger partial charge in [-0.05, 0) is 6.92 Å². The molecule has 0 saturated heterocycles. The van der Waals surface area contributed by atoms with Crippen molar-refractivity contribution in [2.45, 2.75) is 26.3 Å². The Bertz CT molecular complexity index is 243. The minimum Gasteiger partial charge on any atom is -0.461 e. The zero-order chi connectivity index (χ0) is 10.2. The van der Waals surface area contributed by atoms with Crippen molar-refractivity contribution in [1.82, 2.24) is 0 Å². The molecule has 1 rings (SSSR count). The maximum Gasteiger partial charge on any atom is 0.385 e. The lowest BCUT2D eigenvalue weighted by Gasteiger charge is -2.07. The molecule has 1 aliphatic carbocycles. The lowest BCUT2D eigenvalue weighted by Crippen LogP contribution is -2.37. The van der Waals surface area contributed by atoms with Crippen molar-refractivity contribution in [2.75, 3.05) is 6.61 Å². The van der Waals surface area contributed by atoms with Crippen molar-refractivity contribution in [1.29, 1.82) is 0 Å². The molecule has 5 nitrogen and oxygen atoms in total. The van der Waals surface area contributed by atoms with Crippen molar-refractivity contribution < 1.29 is 14.5 Å². The van der Waals surface area contributed by atoms with E-state index in [2.05, 4.69) is 0 Å². The van der Waals surface area contributed by atoms with Crippen molar-refractivity contribution in [2.24, 2.45) is 11.8 Å². The van der Waals surface area contributed by atoms with Gasteiger partial charge in [0, 0.05) is 16.8 Å². The average molecular weight is 187 g/mol. The quantitative estimate of drug-likeness (QED) is 0.373. The van der Waals surface area contributed by atoms with Crippen LogP contribution in [-0.2, 0) is 9.53 Å². The lowest BCUT2D eigenvalue weighted by molar-refractivity contribution is -0.532. The molecule has 1 aliphatic rings. The second-order valence-electron chi connectivity index (χ2n) is 3.38. The molecular formula is C8H13NO4. The van der Waals surface area contributed by atoms with Gasteiger partial charge in [-0.2, -0.15) is 0 Å². The van der Waals surface area contributed by atoms with E-state index in [1.54, 1.807) is 20.8 Å². The summed E-state index contributed by atoms with van der Waals surface area (Å²) in [6.07, 6.45) is 0. The third-order valence-corrected chi connectivity index (χ3v) is 2.93. The van der Waals surface area contributed by atoms with Gasteiger partial charge in [0.25, 0.3) is 0 Å². The average Bonchev–Trinajstić information content (AvgIpc) is 2.57. The Hall–Kier alpha value is -1.13. The summed E-state index contributed by atoms with van der Waals surface area (Å²) >= 11 is 0. The van der Waals surface area contributed by atoms with Gasteiger partial charge in [-0.1, -0.05) is 13.8 Å². The fourth-order valence-electron chi connectivity index (χ4n) is 1.78.